The van der Waals surface area contributed by atoms with Crippen LogP contribution < -0.4 is 21.3 Å². The number of aryl methyl sites for hydroxylation is 1. The number of nitrogens with one attached hydrogen (secondary N) is 4. The first-order valence-corrected chi connectivity index (χ1v) is 11.6. The Morgan fingerprint density at radius 3 is 2.80 bits per heavy atom. The van der Waals surface area contributed by atoms with Gasteiger partial charge in [0.15, 0.2) is 5.13 Å². The zero-order chi connectivity index (χ0) is 21.3. The smallest absolute Gasteiger partial charge is 0.236 e. The van der Waals surface area contributed by atoms with Gasteiger partial charge in [-0.1, -0.05) is 30.3 Å². The van der Waals surface area contributed by atoms with Gasteiger partial charge in [-0.15, -0.1) is 23.1 Å². The van der Waals surface area contributed by atoms with Crippen molar-refractivity contribution in [2.24, 2.45) is 0 Å². The molecule has 0 radical (unpaired) electrons. The van der Waals surface area contributed by atoms with Crippen molar-refractivity contribution in [3.8, 4) is 0 Å². The van der Waals surface area contributed by atoms with Crippen molar-refractivity contribution in [3.05, 3.63) is 47.0 Å². The molecule has 1 fully saturated rings. The Morgan fingerprint density at radius 1 is 1.27 bits per heavy atom. The standard InChI is InChI=1S/C20H25N5O3S2/c1-13-11-29-19(22-13)25-18(28)12-30-20-23-15(10-17(27)24-20)9-16(26)21-8-7-14-5-3-2-4-6-14/h2-6,11,15,20,23H,7-10,12H2,1H3,(H,21,26)(H,24,27)(H,22,25,28). The molecule has 0 bridgehead atoms. The first kappa shape index (κ1) is 22.3. The quantitative estimate of drug-likeness (QED) is 0.465. The fourth-order valence-electron chi connectivity index (χ4n) is 2.98. The number of thiazole rings is 1. The Labute approximate surface area is 183 Å². The lowest BCUT2D eigenvalue weighted by molar-refractivity contribution is -0.125. The van der Waals surface area contributed by atoms with Crippen molar-refractivity contribution in [1.29, 1.82) is 0 Å². The Balaban J connectivity index is 1.38. The van der Waals surface area contributed by atoms with E-state index in [1.807, 2.05) is 42.6 Å². The average molecular weight is 448 g/mol. The van der Waals surface area contributed by atoms with Crippen LogP contribution in [-0.4, -0.2) is 46.5 Å². The van der Waals surface area contributed by atoms with Gasteiger partial charge < -0.3 is 16.0 Å². The third-order valence-electron chi connectivity index (χ3n) is 4.37. The molecule has 0 spiro atoms. The number of hydrogen-bond donors (Lipinski definition) is 4. The third kappa shape index (κ3) is 7.43. The summed E-state index contributed by atoms with van der Waals surface area (Å²) in [5.74, 6) is -0.263. The first-order valence-electron chi connectivity index (χ1n) is 9.67. The largest absolute Gasteiger partial charge is 0.356 e. The lowest BCUT2D eigenvalue weighted by Gasteiger charge is -2.30. The molecule has 1 aromatic heterocycles. The molecule has 1 saturated heterocycles. The fourth-order valence-corrected chi connectivity index (χ4v) is 4.58. The number of benzene rings is 1. The van der Waals surface area contributed by atoms with E-state index in [0.717, 1.165) is 17.7 Å². The monoisotopic (exact) mass is 447 g/mol. The number of anilines is 1. The Hall–Kier alpha value is -2.43. The molecular formula is C20H25N5O3S2. The number of rotatable bonds is 9. The summed E-state index contributed by atoms with van der Waals surface area (Å²) in [5.41, 5.74) is 1.60. The number of carbonyl (C=O) groups is 3. The summed E-state index contributed by atoms with van der Waals surface area (Å²) in [6, 6.07) is 9.67. The van der Waals surface area contributed by atoms with Gasteiger partial charge >= 0.3 is 0 Å². The van der Waals surface area contributed by atoms with Crippen LogP contribution in [0.2, 0.25) is 0 Å². The van der Waals surface area contributed by atoms with E-state index in [4.69, 9.17) is 0 Å². The molecule has 2 heterocycles. The molecule has 8 nitrogen and oxygen atoms in total. The van der Waals surface area contributed by atoms with Gasteiger partial charge in [-0.2, -0.15) is 0 Å². The van der Waals surface area contributed by atoms with Crippen LogP contribution in [0.25, 0.3) is 0 Å². The maximum absolute atomic E-state index is 12.2. The summed E-state index contributed by atoms with van der Waals surface area (Å²) < 4.78 is 0. The summed E-state index contributed by atoms with van der Waals surface area (Å²) in [6.07, 6.45) is 1.20. The minimum Gasteiger partial charge on any atom is -0.356 e. The summed E-state index contributed by atoms with van der Waals surface area (Å²) >= 11 is 2.64. The van der Waals surface area contributed by atoms with E-state index >= 15 is 0 Å². The van der Waals surface area contributed by atoms with Crippen LogP contribution in [0, 0.1) is 6.92 Å². The average Bonchev–Trinajstić information content (AvgIpc) is 3.11. The van der Waals surface area contributed by atoms with E-state index in [-0.39, 0.29) is 42.4 Å². The number of aromatic nitrogens is 1. The van der Waals surface area contributed by atoms with Crippen molar-refractivity contribution >= 4 is 46.0 Å². The van der Waals surface area contributed by atoms with Gasteiger partial charge in [0.25, 0.3) is 0 Å². The molecule has 2 atom stereocenters. The number of carbonyl (C=O) groups excluding carboxylic acids is 3. The molecule has 160 valence electrons. The molecule has 10 heteroatoms. The molecule has 2 aromatic rings. The highest BCUT2D eigenvalue weighted by Crippen LogP contribution is 2.17. The highest BCUT2D eigenvalue weighted by Gasteiger charge is 2.28. The minimum absolute atomic E-state index is 0.0984. The zero-order valence-corrected chi connectivity index (χ0v) is 18.3. The highest BCUT2D eigenvalue weighted by atomic mass is 32.2. The van der Waals surface area contributed by atoms with Gasteiger partial charge in [-0.25, -0.2) is 4.98 Å². The Morgan fingerprint density at radius 2 is 2.07 bits per heavy atom. The molecule has 1 aliphatic heterocycles. The molecule has 1 aromatic carbocycles. The maximum Gasteiger partial charge on any atom is 0.236 e. The first-order chi connectivity index (χ1) is 14.5. The minimum atomic E-state index is -0.419. The topological polar surface area (TPSA) is 112 Å². The number of nitrogens with zero attached hydrogens (tertiary/aromatic N) is 1. The van der Waals surface area contributed by atoms with Crippen LogP contribution >= 0.6 is 23.1 Å². The molecule has 30 heavy (non-hydrogen) atoms. The van der Waals surface area contributed by atoms with E-state index in [9.17, 15) is 14.4 Å². The second-order valence-corrected chi connectivity index (χ2v) is 8.91. The number of thioether (sulfide) groups is 1. The molecule has 0 aliphatic carbocycles. The normalized spacial score (nSPS) is 18.5. The molecule has 3 amide bonds. The van der Waals surface area contributed by atoms with Crippen LogP contribution in [0.15, 0.2) is 35.7 Å². The second kappa shape index (κ2) is 11.1. The van der Waals surface area contributed by atoms with Gasteiger partial charge in [0, 0.05) is 30.8 Å². The number of amides is 3. The van der Waals surface area contributed by atoms with E-state index in [0.29, 0.717) is 11.7 Å². The predicted molar refractivity (Wildman–Crippen MR) is 119 cm³/mol. The van der Waals surface area contributed by atoms with Crippen molar-refractivity contribution in [3.63, 3.8) is 0 Å². The van der Waals surface area contributed by atoms with Crippen molar-refractivity contribution in [1.82, 2.24) is 20.9 Å². The van der Waals surface area contributed by atoms with Gasteiger partial charge in [0.1, 0.15) is 5.50 Å². The molecule has 0 saturated carbocycles. The van der Waals surface area contributed by atoms with Crippen LogP contribution in [0.1, 0.15) is 24.1 Å². The fraction of sp³-hybridized carbons (Fsp3) is 0.400. The second-order valence-electron chi connectivity index (χ2n) is 6.96. The van der Waals surface area contributed by atoms with Crippen LogP contribution in [0.4, 0.5) is 5.13 Å². The highest BCUT2D eigenvalue weighted by molar-refractivity contribution is 8.00. The van der Waals surface area contributed by atoms with E-state index in [1.165, 1.54) is 23.1 Å². The third-order valence-corrected chi connectivity index (χ3v) is 6.26. The SMILES string of the molecule is Cc1csc(NC(=O)CSC2NC(=O)CC(CC(=O)NCCc3ccccc3)N2)n1. The van der Waals surface area contributed by atoms with Crippen molar-refractivity contribution < 1.29 is 14.4 Å². The van der Waals surface area contributed by atoms with Gasteiger partial charge in [-0.3, -0.25) is 19.7 Å². The van der Waals surface area contributed by atoms with E-state index < -0.39 is 5.50 Å². The van der Waals surface area contributed by atoms with Crippen LogP contribution in [0.5, 0.6) is 0 Å². The molecule has 2 unspecified atom stereocenters. The van der Waals surface area contributed by atoms with Crippen LogP contribution in [0.3, 0.4) is 0 Å². The summed E-state index contributed by atoms with van der Waals surface area (Å²) in [5, 5.41) is 14.1. The lowest BCUT2D eigenvalue weighted by atomic mass is 10.1. The maximum atomic E-state index is 12.2. The summed E-state index contributed by atoms with van der Waals surface area (Å²) in [4.78, 5) is 40.5. The Kier molecular flexibility index (Phi) is 8.23. The molecule has 1 aliphatic rings. The zero-order valence-electron chi connectivity index (χ0n) is 16.6. The Bertz CT molecular complexity index is 874. The van der Waals surface area contributed by atoms with Gasteiger partial charge in [0.2, 0.25) is 17.7 Å². The van der Waals surface area contributed by atoms with Gasteiger partial charge in [-0.05, 0) is 18.9 Å². The van der Waals surface area contributed by atoms with Gasteiger partial charge in [0.05, 0.1) is 11.4 Å². The van der Waals surface area contributed by atoms with Crippen molar-refractivity contribution in [2.75, 3.05) is 17.6 Å². The van der Waals surface area contributed by atoms with E-state index in [1.54, 1.807) is 0 Å². The van der Waals surface area contributed by atoms with Crippen molar-refractivity contribution in [2.45, 2.75) is 37.7 Å². The van der Waals surface area contributed by atoms with Crippen LogP contribution in [-0.2, 0) is 20.8 Å². The summed E-state index contributed by atoms with van der Waals surface area (Å²) in [7, 11) is 0. The predicted octanol–water partition coefficient (Wildman–Crippen LogP) is 1.63. The van der Waals surface area contributed by atoms with E-state index in [2.05, 4.69) is 26.3 Å². The molecule has 4 N–H and O–H groups in total. The summed E-state index contributed by atoms with van der Waals surface area (Å²) in [6.45, 7) is 2.41. The lowest BCUT2D eigenvalue weighted by Crippen LogP contribution is -2.56. The molecule has 3 rings (SSSR count). The molecular weight excluding hydrogens is 422 g/mol. The number of hydrogen-bond acceptors (Lipinski definition) is 7.